The summed E-state index contributed by atoms with van der Waals surface area (Å²) in [5, 5.41) is 18.2. The summed E-state index contributed by atoms with van der Waals surface area (Å²) in [5.74, 6) is 1.88. The summed E-state index contributed by atoms with van der Waals surface area (Å²) in [6, 6.07) is 0. The minimum Gasteiger partial charge on any atom is -0.481 e. The summed E-state index contributed by atoms with van der Waals surface area (Å²) >= 11 is 1.27. The maximum atomic E-state index is 10.7. The lowest BCUT2D eigenvalue weighted by Crippen LogP contribution is -2.15. The van der Waals surface area contributed by atoms with E-state index in [1.54, 1.807) is 0 Å². The number of carbonyl (C=O) groups is 1. The molecule has 112 valence electrons. The third-order valence-electron chi connectivity index (χ3n) is 3.81. The predicted octanol–water partition coefficient (Wildman–Crippen LogP) is 3.01. The molecule has 5 nitrogen and oxygen atoms in total. The first kappa shape index (κ1) is 15.4. The number of carboxylic acid groups (broad SMARTS) is 1. The Morgan fingerprint density at radius 1 is 1.45 bits per heavy atom. The van der Waals surface area contributed by atoms with E-state index in [0.29, 0.717) is 17.8 Å². The molecule has 1 aliphatic rings. The zero-order valence-electron chi connectivity index (χ0n) is 12.4. The molecule has 0 radical (unpaired) electrons. The Balaban J connectivity index is 2.24. The van der Waals surface area contributed by atoms with E-state index in [-0.39, 0.29) is 5.75 Å². The highest BCUT2D eigenvalue weighted by atomic mass is 32.2. The molecule has 0 bridgehead atoms. The van der Waals surface area contributed by atoms with Gasteiger partial charge in [-0.3, -0.25) is 4.79 Å². The largest absolute Gasteiger partial charge is 0.481 e. The first-order chi connectivity index (χ1) is 9.49. The van der Waals surface area contributed by atoms with Crippen molar-refractivity contribution in [3.8, 4) is 0 Å². The van der Waals surface area contributed by atoms with E-state index < -0.39 is 5.97 Å². The van der Waals surface area contributed by atoms with Crippen LogP contribution in [0.1, 0.15) is 51.8 Å². The second-order valence-electron chi connectivity index (χ2n) is 6.04. The quantitative estimate of drug-likeness (QED) is 0.817. The van der Waals surface area contributed by atoms with Crippen molar-refractivity contribution in [1.29, 1.82) is 0 Å². The molecule has 20 heavy (non-hydrogen) atoms. The minimum absolute atomic E-state index is 0.0381. The molecule has 1 heterocycles. The van der Waals surface area contributed by atoms with Crippen molar-refractivity contribution < 1.29 is 9.90 Å². The van der Waals surface area contributed by atoms with Crippen LogP contribution >= 0.6 is 11.8 Å². The Kier molecular flexibility index (Phi) is 5.07. The molecule has 6 heteroatoms. The van der Waals surface area contributed by atoms with Gasteiger partial charge in [0.15, 0.2) is 5.16 Å². The van der Waals surface area contributed by atoms with Crippen LogP contribution in [-0.4, -0.2) is 31.6 Å². The first-order valence-electron chi connectivity index (χ1n) is 7.26. The average Bonchev–Trinajstić information content (AvgIpc) is 2.92. The fraction of sp³-hybridized carbons (Fsp3) is 0.786. The van der Waals surface area contributed by atoms with Crippen molar-refractivity contribution >= 4 is 17.7 Å². The van der Waals surface area contributed by atoms with E-state index in [1.807, 2.05) is 0 Å². The normalized spacial score (nSPS) is 22.6. The lowest BCUT2D eigenvalue weighted by Gasteiger charge is -2.18. The van der Waals surface area contributed by atoms with Gasteiger partial charge in [0.2, 0.25) is 0 Å². The van der Waals surface area contributed by atoms with Gasteiger partial charge < -0.3 is 9.67 Å². The molecule has 2 unspecified atom stereocenters. The average molecular weight is 297 g/mol. The summed E-state index contributed by atoms with van der Waals surface area (Å²) in [5.41, 5.74) is 0. The van der Waals surface area contributed by atoms with Crippen LogP contribution in [-0.2, 0) is 11.3 Å². The number of aromatic nitrogens is 3. The van der Waals surface area contributed by atoms with Gasteiger partial charge in [0, 0.05) is 12.5 Å². The van der Waals surface area contributed by atoms with Gasteiger partial charge in [0.25, 0.3) is 0 Å². The number of hydrogen-bond donors (Lipinski definition) is 1. The maximum absolute atomic E-state index is 10.7. The lowest BCUT2D eigenvalue weighted by molar-refractivity contribution is -0.133. The van der Waals surface area contributed by atoms with Crippen molar-refractivity contribution in [2.24, 2.45) is 11.8 Å². The minimum atomic E-state index is -0.815. The molecular weight excluding hydrogens is 274 g/mol. The van der Waals surface area contributed by atoms with Gasteiger partial charge in [0.1, 0.15) is 5.82 Å². The van der Waals surface area contributed by atoms with Crippen molar-refractivity contribution in [1.82, 2.24) is 14.8 Å². The Hall–Kier alpha value is -1.04. The van der Waals surface area contributed by atoms with Gasteiger partial charge in [-0.15, -0.1) is 10.2 Å². The van der Waals surface area contributed by atoms with E-state index in [2.05, 4.69) is 35.5 Å². The zero-order chi connectivity index (χ0) is 14.7. The lowest BCUT2D eigenvalue weighted by atomic mass is 9.97. The van der Waals surface area contributed by atoms with Crippen LogP contribution in [0.5, 0.6) is 0 Å². The molecule has 0 spiro atoms. The molecule has 1 aromatic heterocycles. The number of thioether (sulfide) groups is 1. The molecular formula is C14H23N3O2S. The summed E-state index contributed by atoms with van der Waals surface area (Å²) in [7, 11) is 0. The molecule has 1 aliphatic carbocycles. The third kappa shape index (κ3) is 3.53. The standard InChI is InChI=1S/C14H23N3O2S/c1-9(2)7-17-13(11-6-4-5-10(11)3)15-16-14(17)20-8-12(18)19/h9-11H,4-8H2,1-3H3,(H,18,19). The van der Waals surface area contributed by atoms with E-state index >= 15 is 0 Å². The molecule has 0 aromatic carbocycles. The molecule has 0 saturated heterocycles. The molecule has 2 rings (SSSR count). The number of hydrogen-bond acceptors (Lipinski definition) is 4. The number of aliphatic carboxylic acids is 1. The van der Waals surface area contributed by atoms with Gasteiger partial charge >= 0.3 is 5.97 Å². The highest BCUT2D eigenvalue weighted by Crippen LogP contribution is 2.39. The zero-order valence-corrected chi connectivity index (χ0v) is 13.2. The Bertz CT molecular complexity index is 473. The number of rotatable bonds is 6. The molecule has 0 amide bonds. The molecule has 0 aliphatic heterocycles. The van der Waals surface area contributed by atoms with Crippen molar-refractivity contribution in [2.75, 3.05) is 5.75 Å². The fourth-order valence-corrected chi connectivity index (χ4v) is 3.55. The van der Waals surface area contributed by atoms with Crippen LogP contribution in [0.25, 0.3) is 0 Å². The van der Waals surface area contributed by atoms with Crippen LogP contribution in [0, 0.1) is 11.8 Å². The van der Waals surface area contributed by atoms with Crippen LogP contribution in [0.2, 0.25) is 0 Å². The number of nitrogens with zero attached hydrogens (tertiary/aromatic N) is 3. The molecule has 1 N–H and O–H groups in total. The van der Waals surface area contributed by atoms with Gasteiger partial charge in [-0.05, 0) is 24.7 Å². The fourth-order valence-electron chi connectivity index (χ4n) is 2.87. The summed E-state index contributed by atoms with van der Waals surface area (Å²) in [6.45, 7) is 7.45. The highest BCUT2D eigenvalue weighted by Gasteiger charge is 2.30. The molecule has 2 atom stereocenters. The molecule has 1 saturated carbocycles. The highest BCUT2D eigenvalue weighted by molar-refractivity contribution is 7.99. The summed E-state index contributed by atoms with van der Waals surface area (Å²) in [4.78, 5) is 10.7. The van der Waals surface area contributed by atoms with Gasteiger partial charge in [-0.25, -0.2) is 0 Å². The SMILES string of the molecule is CC(C)Cn1c(SCC(=O)O)nnc1C1CCCC1C. The maximum Gasteiger partial charge on any atom is 0.313 e. The predicted molar refractivity (Wildman–Crippen MR) is 79.0 cm³/mol. The Morgan fingerprint density at radius 3 is 2.75 bits per heavy atom. The van der Waals surface area contributed by atoms with E-state index in [4.69, 9.17) is 5.11 Å². The van der Waals surface area contributed by atoms with Crippen LogP contribution in [0.4, 0.5) is 0 Å². The first-order valence-corrected chi connectivity index (χ1v) is 8.25. The summed E-state index contributed by atoms with van der Waals surface area (Å²) < 4.78 is 2.14. The second kappa shape index (κ2) is 6.61. The number of carboxylic acids is 1. The van der Waals surface area contributed by atoms with Crippen molar-refractivity contribution in [3.05, 3.63) is 5.82 Å². The van der Waals surface area contributed by atoms with Crippen molar-refractivity contribution in [3.63, 3.8) is 0 Å². The van der Waals surface area contributed by atoms with Gasteiger partial charge in [0.05, 0.1) is 5.75 Å². The van der Waals surface area contributed by atoms with Gasteiger partial charge in [-0.2, -0.15) is 0 Å². The Labute approximate surface area is 124 Å². The third-order valence-corrected chi connectivity index (χ3v) is 4.76. The molecule has 1 fully saturated rings. The van der Waals surface area contributed by atoms with Gasteiger partial charge in [-0.1, -0.05) is 39.0 Å². The van der Waals surface area contributed by atoms with E-state index in [1.165, 1.54) is 31.0 Å². The smallest absolute Gasteiger partial charge is 0.313 e. The monoisotopic (exact) mass is 297 g/mol. The van der Waals surface area contributed by atoms with Crippen LogP contribution in [0.15, 0.2) is 5.16 Å². The Morgan fingerprint density at radius 2 is 2.20 bits per heavy atom. The molecule has 1 aromatic rings. The second-order valence-corrected chi connectivity index (χ2v) is 6.98. The van der Waals surface area contributed by atoms with Crippen LogP contribution in [0.3, 0.4) is 0 Å². The topological polar surface area (TPSA) is 68.0 Å². The summed E-state index contributed by atoms with van der Waals surface area (Å²) in [6.07, 6.45) is 3.66. The van der Waals surface area contributed by atoms with E-state index in [0.717, 1.165) is 17.5 Å². The van der Waals surface area contributed by atoms with Crippen molar-refractivity contribution in [2.45, 2.75) is 57.7 Å². The van der Waals surface area contributed by atoms with Crippen LogP contribution < -0.4 is 0 Å². The van der Waals surface area contributed by atoms with E-state index in [9.17, 15) is 4.79 Å².